The summed E-state index contributed by atoms with van der Waals surface area (Å²) < 4.78 is 0.876. The number of nitrogens with two attached hydrogens (primary N) is 1. The number of nitrogens with one attached hydrogen (secondary N) is 1. The van der Waals surface area contributed by atoms with E-state index in [0.29, 0.717) is 5.69 Å². The quantitative estimate of drug-likeness (QED) is 0.734. The summed E-state index contributed by atoms with van der Waals surface area (Å²) in [4.78, 5) is 22.0. The highest BCUT2D eigenvalue weighted by Gasteiger charge is 2.12. The smallest absolute Gasteiger partial charge is 0.321 e. The van der Waals surface area contributed by atoms with Gasteiger partial charge in [-0.1, -0.05) is 22.0 Å². The van der Waals surface area contributed by atoms with E-state index in [1.807, 2.05) is 12.1 Å². The molecule has 18 heavy (non-hydrogen) atoms. The van der Waals surface area contributed by atoms with Crippen molar-refractivity contribution in [3.05, 3.63) is 28.7 Å². The van der Waals surface area contributed by atoms with Gasteiger partial charge in [0.05, 0.1) is 5.75 Å². The fourth-order valence-electron chi connectivity index (χ4n) is 1.11. The van der Waals surface area contributed by atoms with Crippen molar-refractivity contribution in [2.75, 3.05) is 16.8 Å². The second-order valence-corrected chi connectivity index (χ2v) is 5.46. The van der Waals surface area contributed by atoms with Gasteiger partial charge in [-0.15, -0.1) is 11.8 Å². The van der Waals surface area contributed by atoms with Gasteiger partial charge in [0.25, 0.3) is 0 Å². The number of benzene rings is 1. The van der Waals surface area contributed by atoms with Crippen LogP contribution in [-0.2, 0) is 9.59 Å². The predicted molar refractivity (Wildman–Crippen MR) is 75.7 cm³/mol. The SMILES string of the molecule is N[C@H](CSCC(=O)Nc1cccc(Br)c1)C(=O)O. The van der Waals surface area contributed by atoms with Crippen molar-refractivity contribution in [2.24, 2.45) is 5.73 Å². The molecule has 4 N–H and O–H groups in total. The number of carboxylic acid groups (broad SMARTS) is 1. The number of carboxylic acids is 1. The standard InChI is InChI=1S/C11H13BrN2O3S/c12-7-2-1-3-8(4-7)14-10(15)6-18-5-9(13)11(16)17/h1-4,9H,5-6,13H2,(H,14,15)(H,16,17)/t9-/m1/s1. The molecule has 0 bridgehead atoms. The van der Waals surface area contributed by atoms with E-state index in [2.05, 4.69) is 21.2 Å². The molecule has 1 aromatic rings. The van der Waals surface area contributed by atoms with Crippen LogP contribution in [0.3, 0.4) is 0 Å². The molecule has 1 rings (SSSR count). The van der Waals surface area contributed by atoms with Crippen LogP contribution in [0, 0.1) is 0 Å². The normalized spacial score (nSPS) is 11.9. The molecule has 0 aliphatic rings. The van der Waals surface area contributed by atoms with Crippen LogP contribution in [0.5, 0.6) is 0 Å². The van der Waals surface area contributed by atoms with Crippen LogP contribution < -0.4 is 11.1 Å². The summed E-state index contributed by atoms with van der Waals surface area (Å²) in [5.41, 5.74) is 6.01. The molecule has 0 fully saturated rings. The summed E-state index contributed by atoms with van der Waals surface area (Å²) in [5, 5.41) is 11.3. The van der Waals surface area contributed by atoms with Gasteiger partial charge in [-0.3, -0.25) is 9.59 Å². The van der Waals surface area contributed by atoms with Gasteiger partial charge in [0.1, 0.15) is 6.04 Å². The zero-order chi connectivity index (χ0) is 13.5. The van der Waals surface area contributed by atoms with Crippen molar-refractivity contribution in [2.45, 2.75) is 6.04 Å². The summed E-state index contributed by atoms with van der Waals surface area (Å²) in [5.74, 6) is -0.861. The third-order valence-electron chi connectivity index (χ3n) is 1.96. The number of carbonyl (C=O) groups is 2. The highest BCUT2D eigenvalue weighted by atomic mass is 79.9. The van der Waals surface area contributed by atoms with Crippen molar-refractivity contribution < 1.29 is 14.7 Å². The Bertz CT molecular complexity index is 442. The van der Waals surface area contributed by atoms with Crippen LogP contribution in [0.25, 0.3) is 0 Å². The molecular formula is C11H13BrN2O3S. The lowest BCUT2D eigenvalue weighted by atomic mass is 10.3. The van der Waals surface area contributed by atoms with Crippen molar-refractivity contribution in [1.29, 1.82) is 0 Å². The number of hydrogen-bond acceptors (Lipinski definition) is 4. The van der Waals surface area contributed by atoms with E-state index in [9.17, 15) is 9.59 Å². The molecule has 0 aliphatic carbocycles. The highest BCUT2D eigenvalue weighted by molar-refractivity contribution is 9.10. The van der Waals surface area contributed by atoms with Gasteiger partial charge in [0.2, 0.25) is 5.91 Å². The molecule has 1 amide bonds. The molecule has 0 saturated carbocycles. The Kier molecular flexibility index (Phi) is 6.17. The minimum absolute atomic E-state index is 0.174. The van der Waals surface area contributed by atoms with E-state index in [0.717, 1.165) is 4.47 Å². The lowest BCUT2D eigenvalue weighted by Gasteiger charge is -2.07. The zero-order valence-corrected chi connectivity index (χ0v) is 11.8. The molecule has 0 radical (unpaired) electrons. The Hall–Kier alpha value is -1.05. The molecule has 0 heterocycles. The van der Waals surface area contributed by atoms with Crippen LogP contribution in [0.4, 0.5) is 5.69 Å². The topological polar surface area (TPSA) is 92.4 Å². The fourth-order valence-corrected chi connectivity index (χ4v) is 2.28. The molecule has 1 atom stereocenters. The van der Waals surface area contributed by atoms with E-state index in [-0.39, 0.29) is 17.4 Å². The number of amides is 1. The maximum atomic E-state index is 11.5. The molecule has 0 aromatic heterocycles. The molecular weight excluding hydrogens is 320 g/mol. The van der Waals surface area contributed by atoms with E-state index in [1.54, 1.807) is 12.1 Å². The second-order valence-electron chi connectivity index (χ2n) is 3.52. The minimum atomic E-state index is -1.06. The highest BCUT2D eigenvalue weighted by Crippen LogP contribution is 2.15. The fraction of sp³-hybridized carbons (Fsp3) is 0.273. The van der Waals surface area contributed by atoms with Gasteiger partial charge >= 0.3 is 5.97 Å². The van der Waals surface area contributed by atoms with E-state index >= 15 is 0 Å². The monoisotopic (exact) mass is 332 g/mol. The third-order valence-corrected chi connectivity index (χ3v) is 3.51. The van der Waals surface area contributed by atoms with Crippen LogP contribution in [0.2, 0.25) is 0 Å². The summed E-state index contributed by atoms with van der Waals surface area (Å²) in [6.45, 7) is 0. The predicted octanol–water partition coefficient (Wildman–Crippen LogP) is 1.53. The van der Waals surface area contributed by atoms with Gasteiger partial charge in [0, 0.05) is 15.9 Å². The summed E-state index contributed by atoms with van der Waals surface area (Å²) in [7, 11) is 0. The average Bonchev–Trinajstić information content (AvgIpc) is 2.28. The van der Waals surface area contributed by atoms with Gasteiger partial charge < -0.3 is 16.2 Å². The Morgan fingerprint density at radius 2 is 2.22 bits per heavy atom. The van der Waals surface area contributed by atoms with Crippen LogP contribution in [0.1, 0.15) is 0 Å². The maximum Gasteiger partial charge on any atom is 0.321 e. The van der Waals surface area contributed by atoms with E-state index in [1.165, 1.54) is 11.8 Å². The van der Waals surface area contributed by atoms with Gasteiger partial charge in [-0.25, -0.2) is 0 Å². The molecule has 0 unspecified atom stereocenters. The number of halogens is 1. The van der Waals surface area contributed by atoms with Gasteiger partial charge in [-0.05, 0) is 18.2 Å². The molecule has 0 spiro atoms. The number of hydrogen-bond donors (Lipinski definition) is 3. The number of rotatable bonds is 6. The summed E-state index contributed by atoms with van der Waals surface area (Å²) in [6, 6.07) is 6.29. The van der Waals surface area contributed by atoms with Crippen LogP contribution >= 0.6 is 27.7 Å². The zero-order valence-electron chi connectivity index (χ0n) is 9.43. The first kappa shape index (κ1) is 15.0. The second kappa shape index (κ2) is 7.40. The number of aliphatic carboxylic acids is 1. The Morgan fingerprint density at radius 1 is 1.50 bits per heavy atom. The van der Waals surface area contributed by atoms with Crippen LogP contribution in [0.15, 0.2) is 28.7 Å². The molecule has 0 saturated heterocycles. The first-order chi connectivity index (χ1) is 8.49. The van der Waals surface area contributed by atoms with Crippen molar-refractivity contribution in [3.8, 4) is 0 Å². The first-order valence-corrected chi connectivity index (χ1v) is 7.05. The number of thioether (sulfide) groups is 1. The van der Waals surface area contributed by atoms with E-state index < -0.39 is 12.0 Å². The van der Waals surface area contributed by atoms with Gasteiger partial charge in [0.15, 0.2) is 0 Å². The molecule has 1 aromatic carbocycles. The van der Waals surface area contributed by atoms with Gasteiger partial charge in [-0.2, -0.15) is 0 Å². The summed E-state index contributed by atoms with van der Waals surface area (Å²) >= 11 is 4.49. The Balaban J connectivity index is 2.32. The minimum Gasteiger partial charge on any atom is -0.480 e. The maximum absolute atomic E-state index is 11.5. The molecule has 98 valence electrons. The largest absolute Gasteiger partial charge is 0.480 e. The van der Waals surface area contributed by atoms with E-state index in [4.69, 9.17) is 10.8 Å². The molecule has 5 nitrogen and oxygen atoms in total. The average molecular weight is 333 g/mol. The Labute approximate surface area is 117 Å². The third kappa shape index (κ3) is 5.52. The first-order valence-electron chi connectivity index (χ1n) is 5.10. The lowest BCUT2D eigenvalue weighted by molar-refractivity contribution is -0.137. The van der Waals surface area contributed by atoms with Crippen molar-refractivity contribution in [1.82, 2.24) is 0 Å². The number of anilines is 1. The number of carbonyl (C=O) groups excluding carboxylic acids is 1. The Morgan fingerprint density at radius 3 is 2.83 bits per heavy atom. The van der Waals surface area contributed by atoms with Crippen molar-refractivity contribution in [3.63, 3.8) is 0 Å². The van der Waals surface area contributed by atoms with Crippen LogP contribution in [-0.4, -0.2) is 34.5 Å². The molecule has 0 aliphatic heterocycles. The molecule has 7 heteroatoms. The lowest BCUT2D eigenvalue weighted by Crippen LogP contribution is -2.33. The van der Waals surface area contributed by atoms with Crippen molar-refractivity contribution >= 4 is 45.3 Å². The summed E-state index contributed by atoms with van der Waals surface area (Å²) in [6.07, 6.45) is 0.